The highest BCUT2D eigenvalue weighted by Crippen LogP contribution is 2.18. The highest BCUT2D eigenvalue weighted by atomic mass is 127. The lowest BCUT2D eigenvalue weighted by Crippen LogP contribution is -2.05. The van der Waals surface area contributed by atoms with Gasteiger partial charge in [0.2, 0.25) is 5.95 Å². The van der Waals surface area contributed by atoms with Crippen LogP contribution in [0.3, 0.4) is 0 Å². The number of carbonyl (C=O) groups is 1. The second-order valence-electron chi connectivity index (χ2n) is 3.01. The Hall–Kier alpha value is -0.580. The van der Waals surface area contributed by atoms with Crippen LogP contribution in [0.15, 0.2) is 12.4 Å². The highest BCUT2D eigenvalue weighted by molar-refractivity contribution is 14.1. The number of aromatic nitrogens is 4. The van der Waals surface area contributed by atoms with Crippen molar-refractivity contribution in [1.82, 2.24) is 19.5 Å². The van der Waals surface area contributed by atoms with Crippen LogP contribution in [0.1, 0.15) is 16.2 Å². The summed E-state index contributed by atoms with van der Waals surface area (Å²) in [6, 6.07) is 0. The normalized spacial score (nSPS) is 10.4. The van der Waals surface area contributed by atoms with Crippen molar-refractivity contribution in [3.05, 3.63) is 31.2 Å². The summed E-state index contributed by atoms with van der Waals surface area (Å²) in [7, 11) is 0. The van der Waals surface area contributed by atoms with E-state index in [2.05, 4.69) is 60.1 Å². The molecule has 2 aromatic heterocycles. The first-order valence-corrected chi connectivity index (χ1v) is 6.47. The average Bonchev–Trinajstić information content (AvgIpc) is 2.54. The first-order valence-electron chi connectivity index (χ1n) is 4.31. The summed E-state index contributed by atoms with van der Waals surface area (Å²) in [5, 5.41) is 0. The second kappa shape index (κ2) is 4.73. The number of hydrogen-bond donors (Lipinski definition) is 0. The minimum Gasteiger partial charge on any atom is -0.298 e. The molecule has 0 bridgehead atoms. The summed E-state index contributed by atoms with van der Waals surface area (Å²) >= 11 is 4.35. The topological polar surface area (TPSA) is 60.7 Å². The Bertz CT molecular complexity index is 535. The summed E-state index contributed by atoms with van der Waals surface area (Å²) in [4.78, 5) is 23.1. The molecule has 2 rings (SSSR count). The molecule has 0 unspecified atom stereocenters. The molecule has 0 fully saturated rings. The number of carbonyl (C=O) groups excluding carboxylic acids is 1. The van der Waals surface area contributed by atoms with Crippen molar-refractivity contribution in [2.24, 2.45) is 0 Å². The molecule has 2 aromatic rings. The van der Waals surface area contributed by atoms with Gasteiger partial charge in [-0.2, -0.15) is 0 Å². The van der Waals surface area contributed by atoms with E-state index < -0.39 is 0 Å². The van der Waals surface area contributed by atoms with Gasteiger partial charge in [-0.05, 0) is 52.1 Å². The van der Waals surface area contributed by atoms with Gasteiger partial charge < -0.3 is 0 Å². The molecule has 82 valence electrons. The van der Waals surface area contributed by atoms with Gasteiger partial charge in [0, 0.05) is 12.4 Å². The van der Waals surface area contributed by atoms with Crippen LogP contribution in [0.4, 0.5) is 0 Å². The Kier molecular flexibility index (Phi) is 3.52. The Morgan fingerprint density at radius 3 is 2.38 bits per heavy atom. The largest absolute Gasteiger partial charge is 0.298 e. The molecule has 5 nitrogen and oxygen atoms in total. The monoisotopic (exact) mass is 440 g/mol. The van der Waals surface area contributed by atoms with Gasteiger partial charge in [0.05, 0.1) is 5.56 Å². The Balaban J connectivity index is 2.54. The number of halogens is 2. The lowest BCUT2D eigenvalue weighted by Gasteiger charge is -2.03. The third-order valence-corrected chi connectivity index (χ3v) is 4.72. The minimum atomic E-state index is 0.464. The Morgan fingerprint density at radius 1 is 1.31 bits per heavy atom. The van der Waals surface area contributed by atoms with Gasteiger partial charge in [0.25, 0.3) is 0 Å². The van der Waals surface area contributed by atoms with Gasteiger partial charge in [0.1, 0.15) is 13.2 Å². The fourth-order valence-corrected chi connectivity index (χ4v) is 2.49. The van der Waals surface area contributed by atoms with Crippen molar-refractivity contribution in [3.63, 3.8) is 0 Å². The SMILES string of the molecule is Cc1nc(I)c(I)n1-c1ncc(C=O)cn1. The Morgan fingerprint density at radius 2 is 1.94 bits per heavy atom. The molecular weight excluding hydrogens is 434 g/mol. The zero-order chi connectivity index (χ0) is 11.7. The predicted octanol–water partition coefficient (Wildman–Crippen LogP) is 1.99. The molecule has 0 spiro atoms. The van der Waals surface area contributed by atoms with Gasteiger partial charge in [-0.25, -0.2) is 15.0 Å². The van der Waals surface area contributed by atoms with E-state index in [1.807, 2.05) is 11.5 Å². The maximum absolute atomic E-state index is 10.5. The van der Waals surface area contributed by atoms with Crippen molar-refractivity contribution in [1.29, 1.82) is 0 Å². The molecule has 7 heteroatoms. The minimum absolute atomic E-state index is 0.464. The van der Waals surface area contributed by atoms with Crippen LogP contribution in [0.5, 0.6) is 0 Å². The zero-order valence-electron chi connectivity index (χ0n) is 8.19. The summed E-state index contributed by atoms with van der Waals surface area (Å²) in [5.41, 5.74) is 0.464. The number of nitrogens with zero attached hydrogens (tertiary/aromatic N) is 4. The molecule has 0 saturated carbocycles. The summed E-state index contributed by atoms with van der Waals surface area (Å²) < 4.78 is 3.73. The number of rotatable bonds is 2. The van der Waals surface area contributed by atoms with Gasteiger partial charge >= 0.3 is 0 Å². The predicted molar refractivity (Wildman–Crippen MR) is 74.7 cm³/mol. The van der Waals surface area contributed by atoms with Crippen molar-refractivity contribution in [2.75, 3.05) is 0 Å². The van der Waals surface area contributed by atoms with Gasteiger partial charge in [0.15, 0.2) is 6.29 Å². The zero-order valence-corrected chi connectivity index (χ0v) is 12.5. The number of imidazole rings is 1. The van der Waals surface area contributed by atoms with E-state index in [1.165, 1.54) is 12.4 Å². The molecule has 2 heterocycles. The van der Waals surface area contributed by atoms with E-state index in [4.69, 9.17) is 0 Å². The van der Waals surface area contributed by atoms with Gasteiger partial charge in [-0.3, -0.25) is 9.36 Å². The van der Waals surface area contributed by atoms with Crippen molar-refractivity contribution >= 4 is 51.5 Å². The van der Waals surface area contributed by atoms with Crippen LogP contribution in [0.2, 0.25) is 0 Å². The van der Waals surface area contributed by atoms with Crippen LogP contribution in [-0.2, 0) is 0 Å². The molecule has 0 saturated heterocycles. The lowest BCUT2D eigenvalue weighted by molar-refractivity contribution is 0.112. The van der Waals surface area contributed by atoms with E-state index in [1.54, 1.807) is 0 Å². The van der Waals surface area contributed by atoms with E-state index in [0.717, 1.165) is 19.5 Å². The molecule has 0 atom stereocenters. The number of aryl methyl sites for hydroxylation is 1. The van der Waals surface area contributed by atoms with Crippen LogP contribution >= 0.6 is 45.2 Å². The first kappa shape index (κ1) is 11.9. The van der Waals surface area contributed by atoms with E-state index >= 15 is 0 Å². The van der Waals surface area contributed by atoms with Crippen molar-refractivity contribution < 1.29 is 4.79 Å². The molecule has 0 radical (unpaired) electrons. The van der Waals surface area contributed by atoms with Crippen LogP contribution < -0.4 is 0 Å². The van der Waals surface area contributed by atoms with Gasteiger partial charge in [-0.15, -0.1) is 0 Å². The van der Waals surface area contributed by atoms with E-state index in [-0.39, 0.29) is 0 Å². The summed E-state index contributed by atoms with van der Waals surface area (Å²) in [6.45, 7) is 1.89. The molecule has 0 aromatic carbocycles. The third-order valence-electron chi connectivity index (χ3n) is 1.94. The summed E-state index contributed by atoms with van der Waals surface area (Å²) in [5.74, 6) is 1.36. The van der Waals surface area contributed by atoms with Crippen molar-refractivity contribution in [2.45, 2.75) is 6.92 Å². The number of aldehydes is 1. The molecule has 0 aliphatic heterocycles. The fraction of sp³-hybridized carbons (Fsp3) is 0.111. The van der Waals surface area contributed by atoms with Crippen LogP contribution in [-0.4, -0.2) is 25.8 Å². The van der Waals surface area contributed by atoms with Crippen LogP contribution in [0, 0.1) is 14.3 Å². The molecule has 0 aliphatic rings. The molecular formula is C9H6I2N4O. The summed E-state index contributed by atoms with van der Waals surface area (Å²) in [6.07, 6.45) is 3.72. The van der Waals surface area contributed by atoms with Gasteiger partial charge in [-0.1, -0.05) is 0 Å². The fourth-order valence-electron chi connectivity index (χ4n) is 1.21. The van der Waals surface area contributed by atoms with Crippen molar-refractivity contribution in [3.8, 4) is 5.95 Å². The average molecular weight is 440 g/mol. The van der Waals surface area contributed by atoms with E-state index in [9.17, 15) is 4.79 Å². The maximum atomic E-state index is 10.5. The molecule has 0 N–H and O–H groups in total. The third kappa shape index (κ3) is 2.10. The Labute approximate surface area is 119 Å². The number of hydrogen-bond acceptors (Lipinski definition) is 4. The molecule has 0 amide bonds. The molecule has 16 heavy (non-hydrogen) atoms. The lowest BCUT2D eigenvalue weighted by atomic mass is 10.4. The first-order chi connectivity index (χ1) is 7.63. The van der Waals surface area contributed by atoms with E-state index in [0.29, 0.717) is 11.5 Å². The molecule has 0 aliphatic carbocycles. The highest BCUT2D eigenvalue weighted by Gasteiger charge is 2.13. The maximum Gasteiger partial charge on any atom is 0.235 e. The standard InChI is InChI=1S/C9H6I2N4O/c1-5-14-7(10)8(11)15(5)9-12-2-6(4-16)3-13-9/h2-4H,1H3. The quantitative estimate of drug-likeness (QED) is 0.530. The second-order valence-corrected chi connectivity index (χ2v) is 5.05. The smallest absolute Gasteiger partial charge is 0.235 e. The van der Waals surface area contributed by atoms with Crippen LogP contribution in [0.25, 0.3) is 5.95 Å².